The van der Waals surface area contributed by atoms with E-state index < -0.39 is 0 Å². The predicted octanol–water partition coefficient (Wildman–Crippen LogP) is 3.78. The Bertz CT molecular complexity index is 602. The lowest BCUT2D eigenvalue weighted by atomic mass is 10.1. The van der Waals surface area contributed by atoms with Crippen LogP contribution >= 0.6 is 34.8 Å². The molecule has 3 N–H and O–H groups in total. The number of aromatic nitrogens is 1. The molecule has 0 saturated carbocycles. The van der Waals surface area contributed by atoms with Gasteiger partial charge >= 0.3 is 0 Å². The first-order valence-electron chi connectivity index (χ1n) is 5.03. The zero-order valence-electron chi connectivity index (χ0n) is 9.12. The minimum Gasteiger partial charge on any atom is -0.397 e. The molecule has 94 valence electrons. The number of nitrogens with two attached hydrogens (primary N) is 1. The number of nitrogens with zero attached hydrogens (tertiary/aromatic N) is 1. The van der Waals surface area contributed by atoms with Gasteiger partial charge in [0.1, 0.15) is 0 Å². The summed E-state index contributed by atoms with van der Waals surface area (Å²) in [4.78, 5) is 4.17. The van der Waals surface area contributed by atoms with Crippen LogP contribution in [0, 0.1) is 0 Å². The number of anilines is 1. The van der Waals surface area contributed by atoms with Crippen molar-refractivity contribution in [2.45, 2.75) is 6.61 Å². The molecular weight excluding hydrogens is 295 g/mol. The van der Waals surface area contributed by atoms with Crippen LogP contribution in [0.5, 0.6) is 0 Å². The molecule has 2 aromatic rings. The van der Waals surface area contributed by atoms with Crippen molar-refractivity contribution in [2.24, 2.45) is 0 Å². The van der Waals surface area contributed by atoms with Gasteiger partial charge in [-0.3, -0.25) is 4.98 Å². The van der Waals surface area contributed by atoms with Crippen LogP contribution in [-0.2, 0) is 6.61 Å². The van der Waals surface area contributed by atoms with Crippen molar-refractivity contribution in [3.05, 3.63) is 45.0 Å². The molecule has 0 saturated heterocycles. The molecule has 0 unspecified atom stereocenters. The maximum absolute atomic E-state index is 9.34. The maximum Gasteiger partial charge on any atom is 0.0789 e. The number of hydrogen-bond acceptors (Lipinski definition) is 3. The third kappa shape index (κ3) is 2.40. The van der Waals surface area contributed by atoms with E-state index in [2.05, 4.69) is 4.98 Å². The van der Waals surface area contributed by atoms with Gasteiger partial charge in [0.15, 0.2) is 0 Å². The van der Waals surface area contributed by atoms with E-state index in [1.807, 2.05) is 0 Å². The van der Waals surface area contributed by atoms with Crippen molar-refractivity contribution < 1.29 is 5.11 Å². The summed E-state index contributed by atoms with van der Waals surface area (Å²) in [5.74, 6) is 0. The number of aliphatic hydroxyl groups is 1. The number of nitrogen functional groups attached to an aromatic ring is 1. The first kappa shape index (κ1) is 13.4. The molecule has 1 heterocycles. The van der Waals surface area contributed by atoms with Crippen molar-refractivity contribution in [2.75, 3.05) is 5.73 Å². The fourth-order valence-corrected chi connectivity index (χ4v) is 2.33. The molecule has 2 rings (SSSR count). The van der Waals surface area contributed by atoms with E-state index in [-0.39, 0.29) is 6.61 Å². The molecule has 0 amide bonds. The van der Waals surface area contributed by atoms with Gasteiger partial charge in [-0.25, -0.2) is 0 Å². The van der Waals surface area contributed by atoms with Crippen molar-refractivity contribution in [1.82, 2.24) is 4.98 Å². The Morgan fingerprint density at radius 2 is 1.83 bits per heavy atom. The standard InChI is InChI=1S/C12H9Cl3N2O/c13-8-1-2-9(14)11(15)10(8)12-6(5-18)3-7(16)4-17-12/h1-4,18H,5,16H2. The van der Waals surface area contributed by atoms with Crippen LogP contribution in [0.4, 0.5) is 5.69 Å². The van der Waals surface area contributed by atoms with Crippen LogP contribution in [0.25, 0.3) is 11.3 Å². The van der Waals surface area contributed by atoms with Gasteiger partial charge in [-0.05, 0) is 18.2 Å². The number of halogens is 3. The van der Waals surface area contributed by atoms with Gasteiger partial charge in [-0.2, -0.15) is 0 Å². The summed E-state index contributed by atoms with van der Waals surface area (Å²) < 4.78 is 0. The number of benzene rings is 1. The topological polar surface area (TPSA) is 59.1 Å². The minimum absolute atomic E-state index is 0.216. The van der Waals surface area contributed by atoms with E-state index in [0.29, 0.717) is 37.6 Å². The van der Waals surface area contributed by atoms with E-state index in [9.17, 15) is 5.11 Å². The van der Waals surface area contributed by atoms with Crippen molar-refractivity contribution in [3.63, 3.8) is 0 Å². The summed E-state index contributed by atoms with van der Waals surface area (Å²) in [6, 6.07) is 4.85. The highest BCUT2D eigenvalue weighted by Gasteiger charge is 2.16. The third-order valence-electron chi connectivity index (χ3n) is 2.44. The Balaban J connectivity index is 2.73. The highest BCUT2D eigenvalue weighted by atomic mass is 35.5. The summed E-state index contributed by atoms with van der Waals surface area (Å²) in [6.07, 6.45) is 1.47. The second-order valence-electron chi connectivity index (χ2n) is 3.65. The van der Waals surface area contributed by atoms with Gasteiger partial charge in [0.2, 0.25) is 0 Å². The quantitative estimate of drug-likeness (QED) is 0.830. The van der Waals surface area contributed by atoms with Crippen molar-refractivity contribution >= 4 is 40.5 Å². The molecular formula is C12H9Cl3N2O. The lowest BCUT2D eigenvalue weighted by Crippen LogP contribution is -1.97. The Labute approximate surface area is 119 Å². The lowest BCUT2D eigenvalue weighted by molar-refractivity contribution is 0.282. The van der Waals surface area contributed by atoms with Crippen LogP contribution in [0.3, 0.4) is 0 Å². The van der Waals surface area contributed by atoms with Crippen LogP contribution in [0.15, 0.2) is 24.4 Å². The lowest BCUT2D eigenvalue weighted by Gasteiger charge is -2.11. The van der Waals surface area contributed by atoms with Gasteiger partial charge in [0.05, 0.1) is 39.3 Å². The van der Waals surface area contributed by atoms with Crippen LogP contribution in [0.1, 0.15) is 5.56 Å². The third-order valence-corrected chi connectivity index (χ3v) is 3.56. The first-order chi connectivity index (χ1) is 8.54. The van der Waals surface area contributed by atoms with Crippen LogP contribution < -0.4 is 5.73 Å². The Morgan fingerprint density at radius 3 is 2.50 bits per heavy atom. The molecule has 0 bridgehead atoms. The minimum atomic E-state index is -0.216. The molecule has 1 aromatic heterocycles. The monoisotopic (exact) mass is 302 g/mol. The molecule has 1 aromatic carbocycles. The van der Waals surface area contributed by atoms with Gasteiger partial charge in [-0.15, -0.1) is 0 Å². The first-order valence-corrected chi connectivity index (χ1v) is 6.17. The molecule has 0 aliphatic rings. The zero-order valence-corrected chi connectivity index (χ0v) is 11.4. The molecule has 0 aliphatic heterocycles. The van der Waals surface area contributed by atoms with Gasteiger partial charge in [-0.1, -0.05) is 34.8 Å². The maximum atomic E-state index is 9.34. The van der Waals surface area contributed by atoms with Crippen LogP contribution in [-0.4, -0.2) is 10.1 Å². The largest absolute Gasteiger partial charge is 0.397 e. The molecule has 0 aliphatic carbocycles. The van der Waals surface area contributed by atoms with Crippen LogP contribution in [0.2, 0.25) is 15.1 Å². The summed E-state index contributed by atoms with van der Waals surface area (Å²) >= 11 is 18.2. The smallest absolute Gasteiger partial charge is 0.0789 e. The fraction of sp³-hybridized carbons (Fsp3) is 0.0833. The number of hydrogen-bond donors (Lipinski definition) is 2. The van der Waals surface area contributed by atoms with Gasteiger partial charge < -0.3 is 10.8 Å². The Kier molecular flexibility index (Phi) is 3.97. The number of aliphatic hydroxyl groups excluding tert-OH is 1. The Hall–Kier alpha value is -1.00. The number of pyridine rings is 1. The zero-order chi connectivity index (χ0) is 13.3. The molecule has 3 nitrogen and oxygen atoms in total. The molecule has 18 heavy (non-hydrogen) atoms. The predicted molar refractivity (Wildman–Crippen MR) is 75.0 cm³/mol. The number of rotatable bonds is 2. The SMILES string of the molecule is Nc1cnc(-c2c(Cl)ccc(Cl)c2Cl)c(CO)c1. The summed E-state index contributed by atoms with van der Waals surface area (Å²) in [7, 11) is 0. The highest BCUT2D eigenvalue weighted by molar-refractivity contribution is 6.46. The van der Waals surface area contributed by atoms with Gasteiger partial charge in [0, 0.05) is 11.1 Å². The summed E-state index contributed by atoms with van der Waals surface area (Å²) in [6.45, 7) is -0.216. The summed E-state index contributed by atoms with van der Waals surface area (Å²) in [5, 5.41) is 10.4. The molecule has 6 heteroatoms. The summed E-state index contributed by atoms with van der Waals surface area (Å²) in [5.41, 5.74) is 7.59. The molecule has 0 fully saturated rings. The average Bonchev–Trinajstić information content (AvgIpc) is 2.36. The van der Waals surface area contributed by atoms with E-state index in [1.54, 1.807) is 18.2 Å². The van der Waals surface area contributed by atoms with Crippen molar-refractivity contribution in [1.29, 1.82) is 0 Å². The van der Waals surface area contributed by atoms with Crippen molar-refractivity contribution in [3.8, 4) is 11.3 Å². The fourth-order valence-electron chi connectivity index (χ4n) is 1.62. The van der Waals surface area contributed by atoms with E-state index in [1.165, 1.54) is 6.20 Å². The average molecular weight is 304 g/mol. The normalized spacial score (nSPS) is 10.7. The van der Waals surface area contributed by atoms with E-state index in [0.717, 1.165) is 0 Å². The highest BCUT2D eigenvalue weighted by Crippen LogP contribution is 2.39. The Morgan fingerprint density at radius 1 is 1.17 bits per heavy atom. The second kappa shape index (κ2) is 5.33. The second-order valence-corrected chi connectivity index (χ2v) is 4.85. The molecule has 0 atom stereocenters. The molecule has 0 spiro atoms. The van der Waals surface area contributed by atoms with E-state index in [4.69, 9.17) is 40.5 Å². The molecule has 0 radical (unpaired) electrons. The van der Waals surface area contributed by atoms with E-state index >= 15 is 0 Å². The van der Waals surface area contributed by atoms with Gasteiger partial charge in [0.25, 0.3) is 0 Å².